The molecule has 0 aliphatic rings. The van der Waals surface area contributed by atoms with E-state index in [4.69, 9.17) is 10.2 Å². The molecule has 2 N–H and O–H groups in total. The van der Waals surface area contributed by atoms with Crippen LogP contribution in [0.4, 0.5) is 0 Å². The van der Waals surface area contributed by atoms with E-state index in [0.29, 0.717) is 6.42 Å². The maximum atomic E-state index is 10.0. The van der Waals surface area contributed by atoms with Crippen LogP contribution >= 0.6 is 22.6 Å². The van der Waals surface area contributed by atoms with Gasteiger partial charge in [-0.15, -0.1) is 0 Å². The topological polar surface area (TPSA) is 57.5 Å². The summed E-state index contributed by atoms with van der Waals surface area (Å²) in [5.74, 6) is -0.930. The maximum absolute atomic E-state index is 10.0. The first kappa shape index (κ1) is 10.2. The van der Waals surface area contributed by atoms with E-state index in [-0.39, 0.29) is 6.42 Å². The molecule has 0 saturated carbocycles. The quantitative estimate of drug-likeness (QED) is 0.572. The molecule has 4 heteroatoms. The molecule has 1 atom stereocenters. The number of hydrogen-bond donors (Lipinski definition) is 2. The third-order valence-corrected chi connectivity index (χ3v) is 1.84. The summed E-state index contributed by atoms with van der Waals surface area (Å²) in [4.78, 5) is 10.0. The van der Waals surface area contributed by atoms with Gasteiger partial charge in [0.05, 0.1) is 12.5 Å². The molecule has 0 aromatic rings. The smallest absolute Gasteiger partial charge is 0.305 e. The van der Waals surface area contributed by atoms with Crippen molar-refractivity contribution in [3.05, 3.63) is 0 Å². The molecule has 0 saturated heterocycles. The maximum Gasteiger partial charge on any atom is 0.305 e. The Bertz CT molecular complexity index is 105. The minimum absolute atomic E-state index is 0.128. The average molecular weight is 258 g/mol. The van der Waals surface area contributed by atoms with E-state index < -0.39 is 12.1 Å². The van der Waals surface area contributed by atoms with Crippen LogP contribution in [0.1, 0.15) is 19.3 Å². The Labute approximate surface area is 73.6 Å². The first-order valence-electron chi connectivity index (χ1n) is 3.12. The van der Waals surface area contributed by atoms with Gasteiger partial charge in [0, 0.05) is 0 Å². The molecule has 0 fully saturated rings. The number of hydrogen-bond acceptors (Lipinski definition) is 2. The van der Waals surface area contributed by atoms with Crippen molar-refractivity contribution in [1.29, 1.82) is 0 Å². The van der Waals surface area contributed by atoms with Gasteiger partial charge in [-0.1, -0.05) is 22.6 Å². The molecule has 0 spiro atoms. The van der Waals surface area contributed by atoms with Crippen molar-refractivity contribution in [3.8, 4) is 0 Å². The fourth-order valence-corrected chi connectivity index (χ4v) is 1.06. The van der Waals surface area contributed by atoms with Crippen LogP contribution in [0.15, 0.2) is 0 Å². The van der Waals surface area contributed by atoms with Crippen LogP contribution in [0.25, 0.3) is 0 Å². The van der Waals surface area contributed by atoms with E-state index >= 15 is 0 Å². The lowest BCUT2D eigenvalue weighted by Crippen LogP contribution is -2.12. The Morgan fingerprint density at radius 2 is 2.20 bits per heavy atom. The molecule has 0 aromatic carbocycles. The summed E-state index contributed by atoms with van der Waals surface area (Å²) in [5, 5.41) is 17.2. The number of carboxylic acid groups (broad SMARTS) is 1. The number of rotatable bonds is 5. The minimum Gasteiger partial charge on any atom is -0.481 e. The van der Waals surface area contributed by atoms with Gasteiger partial charge < -0.3 is 10.2 Å². The van der Waals surface area contributed by atoms with E-state index in [1.54, 1.807) is 0 Å². The molecule has 0 aromatic heterocycles. The number of aliphatic hydroxyl groups is 1. The van der Waals surface area contributed by atoms with Gasteiger partial charge in [-0.2, -0.15) is 0 Å². The van der Waals surface area contributed by atoms with Gasteiger partial charge in [-0.25, -0.2) is 0 Å². The second-order valence-corrected chi connectivity index (χ2v) is 3.16. The minimum atomic E-state index is -0.930. The number of carboxylic acids is 1. The highest BCUT2D eigenvalue weighted by atomic mass is 127. The van der Waals surface area contributed by atoms with Gasteiger partial charge in [0.2, 0.25) is 0 Å². The highest BCUT2D eigenvalue weighted by Gasteiger charge is 2.07. The Kier molecular flexibility index (Phi) is 6.00. The molecular formula is C6H11IO3. The zero-order chi connectivity index (χ0) is 7.98. The zero-order valence-corrected chi connectivity index (χ0v) is 7.74. The second kappa shape index (κ2) is 5.91. The van der Waals surface area contributed by atoms with Gasteiger partial charge in [0.25, 0.3) is 0 Å². The number of aliphatic hydroxyl groups excluding tert-OH is 1. The summed E-state index contributed by atoms with van der Waals surface area (Å²) in [5.41, 5.74) is 0. The average Bonchev–Trinajstić information content (AvgIpc) is 1.82. The van der Waals surface area contributed by atoms with Crippen molar-refractivity contribution in [2.24, 2.45) is 0 Å². The SMILES string of the molecule is O=C(O)C[C@@H](O)CCCI. The summed E-state index contributed by atoms with van der Waals surface area (Å²) in [7, 11) is 0. The molecule has 0 unspecified atom stereocenters. The highest BCUT2D eigenvalue weighted by molar-refractivity contribution is 14.1. The predicted octanol–water partition coefficient (Wildman–Crippen LogP) is 1.04. The van der Waals surface area contributed by atoms with Gasteiger partial charge in [0.15, 0.2) is 0 Å². The van der Waals surface area contributed by atoms with Gasteiger partial charge >= 0.3 is 5.97 Å². The fourth-order valence-electron chi connectivity index (χ4n) is 0.616. The van der Waals surface area contributed by atoms with Crippen molar-refractivity contribution in [2.45, 2.75) is 25.4 Å². The second-order valence-electron chi connectivity index (χ2n) is 2.08. The molecule has 3 nitrogen and oxygen atoms in total. The van der Waals surface area contributed by atoms with Gasteiger partial charge in [-0.3, -0.25) is 4.79 Å². The molecule has 0 heterocycles. The van der Waals surface area contributed by atoms with E-state index in [1.807, 2.05) is 0 Å². The van der Waals surface area contributed by atoms with E-state index in [1.165, 1.54) is 0 Å². The molecule has 0 aliphatic heterocycles. The summed E-state index contributed by atoms with van der Waals surface area (Å²) in [6.07, 6.45) is 0.688. The molecule has 0 radical (unpaired) electrons. The van der Waals surface area contributed by atoms with Crippen molar-refractivity contribution in [3.63, 3.8) is 0 Å². The third kappa shape index (κ3) is 6.28. The Hall–Kier alpha value is 0.160. The standard InChI is InChI=1S/C6H11IO3/c7-3-1-2-5(8)4-6(9)10/h5,8H,1-4H2,(H,9,10)/t5-/m0/s1. The molecule has 10 heavy (non-hydrogen) atoms. The summed E-state index contributed by atoms with van der Waals surface area (Å²) in [6, 6.07) is 0. The van der Waals surface area contributed by atoms with E-state index in [2.05, 4.69) is 22.6 Å². The lowest BCUT2D eigenvalue weighted by Gasteiger charge is -2.04. The van der Waals surface area contributed by atoms with Gasteiger partial charge in [-0.05, 0) is 17.3 Å². The summed E-state index contributed by atoms with van der Waals surface area (Å²) < 4.78 is 0.967. The van der Waals surface area contributed by atoms with Crippen molar-refractivity contribution in [1.82, 2.24) is 0 Å². The lowest BCUT2D eigenvalue weighted by atomic mass is 10.1. The normalized spacial score (nSPS) is 13.0. The molecule has 0 bridgehead atoms. The van der Waals surface area contributed by atoms with Crippen LogP contribution in [0.3, 0.4) is 0 Å². The number of aliphatic carboxylic acids is 1. The molecule has 60 valence electrons. The van der Waals surface area contributed by atoms with Gasteiger partial charge in [0.1, 0.15) is 0 Å². The lowest BCUT2D eigenvalue weighted by molar-refractivity contribution is -0.139. The third-order valence-electron chi connectivity index (χ3n) is 1.08. The number of alkyl halides is 1. The Balaban J connectivity index is 3.25. The van der Waals surface area contributed by atoms with E-state index in [9.17, 15) is 4.79 Å². The largest absolute Gasteiger partial charge is 0.481 e. The Morgan fingerprint density at radius 1 is 1.60 bits per heavy atom. The van der Waals surface area contributed by atoms with Crippen molar-refractivity contribution < 1.29 is 15.0 Å². The summed E-state index contributed by atoms with van der Waals surface area (Å²) in [6.45, 7) is 0. The molecule has 0 rings (SSSR count). The first-order valence-corrected chi connectivity index (χ1v) is 4.65. The molecular weight excluding hydrogens is 247 g/mol. The van der Waals surface area contributed by atoms with Crippen LogP contribution < -0.4 is 0 Å². The molecule has 0 amide bonds. The highest BCUT2D eigenvalue weighted by Crippen LogP contribution is 2.03. The van der Waals surface area contributed by atoms with Crippen LogP contribution in [-0.2, 0) is 4.79 Å². The van der Waals surface area contributed by atoms with E-state index in [0.717, 1.165) is 10.8 Å². The van der Waals surface area contributed by atoms with Crippen LogP contribution in [0.5, 0.6) is 0 Å². The first-order chi connectivity index (χ1) is 4.66. The number of carbonyl (C=O) groups is 1. The van der Waals surface area contributed by atoms with Crippen LogP contribution in [0.2, 0.25) is 0 Å². The molecule has 0 aliphatic carbocycles. The Morgan fingerprint density at radius 3 is 2.60 bits per heavy atom. The predicted molar refractivity (Wildman–Crippen MR) is 46.4 cm³/mol. The van der Waals surface area contributed by atoms with Crippen LogP contribution in [0, 0.1) is 0 Å². The monoisotopic (exact) mass is 258 g/mol. The zero-order valence-electron chi connectivity index (χ0n) is 5.59. The fraction of sp³-hybridized carbons (Fsp3) is 0.833. The van der Waals surface area contributed by atoms with Crippen molar-refractivity contribution >= 4 is 28.6 Å². The van der Waals surface area contributed by atoms with Crippen LogP contribution in [-0.4, -0.2) is 26.7 Å². The number of halogens is 1. The summed E-state index contributed by atoms with van der Waals surface area (Å²) >= 11 is 2.20. The van der Waals surface area contributed by atoms with Crippen molar-refractivity contribution in [2.75, 3.05) is 4.43 Å².